The summed E-state index contributed by atoms with van der Waals surface area (Å²) in [5.74, 6) is 0.925. The highest BCUT2D eigenvalue weighted by atomic mass is 16.6. The van der Waals surface area contributed by atoms with E-state index in [1.165, 1.54) is 0 Å². The maximum absolute atomic E-state index is 11.2. The largest absolute Gasteiger partial charge is 0.486 e. The summed E-state index contributed by atoms with van der Waals surface area (Å²) in [5.41, 5.74) is 6.99. The Balaban J connectivity index is 2.06. The van der Waals surface area contributed by atoms with Crippen LogP contribution in [0.3, 0.4) is 0 Å². The number of hydrogen-bond acceptors (Lipinski definition) is 6. The van der Waals surface area contributed by atoms with Gasteiger partial charge in [0.2, 0.25) is 0 Å². The summed E-state index contributed by atoms with van der Waals surface area (Å²) in [5, 5.41) is 2.91. The first-order valence-electron chi connectivity index (χ1n) is 5.79. The predicted molar refractivity (Wildman–Crippen MR) is 67.0 cm³/mol. The minimum Gasteiger partial charge on any atom is -0.486 e. The summed E-state index contributed by atoms with van der Waals surface area (Å²) >= 11 is 0. The highest BCUT2D eigenvalue weighted by molar-refractivity contribution is 5.79. The van der Waals surface area contributed by atoms with Crippen LogP contribution in [-0.2, 0) is 9.53 Å². The van der Waals surface area contributed by atoms with Crippen LogP contribution in [0.5, 0.6) is 11.5 Å². The van der Waals surface area contributed by atoms with Gasteiger partial charge in [0.1, 0.15) is 19.8 Å². The first kappa shape index (κ1) is 12.3. The second-order valence-corrected chi connectivity index (χ2v) is 3.74. The minimum atomic E-state index is -0.327. The van der Waals surface area contributed by atoms with Gasteiger partial charge in [-0.1, -0.05) is 0 Å². The number of hydrogen-bond donors (Lipinski definition) is 2. The van der Waals surface area contributed by atoms with E-state index in [-0.39, 0.29) is 12.5 Å². The van der Waals surface area contributed by atoms with Crippen molar-refractivity contribution in [3.05, 3.63) is 12.1 Å². The fourth-order valence-corrected chi connectivity index (χ4v) is 1.64. The molecule has 2 rings (SSSR count). The first-order chi connectivity index (χ1) is 8.70. The van der Waals surface area contributed by atoms with Crippen LogP contribution in [0.2, 0.25) is 0 Å². The van der Waals surface area contributed by atoms with Gasteiger partial charge in [-0.25, -0.2) is 0 Å². The Morgan fingerprint density at radius 1 is 1.39 bits per heavy atom. The zero-order chi connectivity index (χ0) is 13.0. The lowest BCUT2D eigenvalue weighted by Gasteiger charge is -2.20. The van der Waals surface area contributed by atoms with E-state index in [2.05, 4.69) is 5.32 Å². The highest BCUT2D eigenvalue weighted by Gasteiger charge is 2.15. The number of nitrogen functional groups attached to an aromatic ring is 1. The molecule has 18 heavy (non-hydrogen) atoms. The van der Waals surface area contributed by atoms with Gasteiger partial charge in [0.05, 0.1) is 18.0 Å². The Labute approximate surface area is 105 Å². The molecule has 0 saturated heterocycles. The summed E-state index contributed by atoms with van der Waals surface area (Å²) < 4.78 is 15.7. The van der Waals surface area contributed by atoms with Crippen molar-refractivity contribution in [3.8, 4) is 11.5 Å². The molecule has 1 aromatic rings. The number of nitrogens with two attached hydrogens (primary N) is 1. The molecule has 1 aromatic carbocycles. The summed E-state index contributed by atoms with van der Waals surface area (Å²) in [6.07, 6.45) is 0. The van der Waals surface area contributed by atoms with Gasteiger partial charge in [0.15, 0.2) is 11.5 Å². The summed E-state index contributed by atoms with van der Waals surface area (Å²) in [6.45, 7) is 3.21. The lowest BCUT2D eigenvalue weighted by molar-refractivity contribution is -0.140. The van der Waals surface area contributed by atoms with E-state index >= 15 is 0 Å². The van der Waals surface area contributed by atoms with Crippen LogP contribution in [0.1, 0.15) is 6.92 Å². The van der Waals surface area contributed by atoms with Crippen molar-refractivity contribution in [2.75, 3.05) is 37.4 Å². The molecule has 1 aliphatic heterocycles. The predicted octanol–water partition coefficient (Wildman–Crippen LogP) is 1.01. The van der Waals surface area contributed by atoms with Crippen molar-refractivity contribution >= 4 is 17.3 Å². The molecule has 1 aliphatic rings. The van der Waals surface area contributed by atoms with Gasteiger partial charge in [-0.3, -0.25) is 4.79 Å². The number of rotatable bonds is 4. The molecule has 0 spiro atoms. The zero-order valence-corrected chi connectivity index (χ0v) is 10.2. The van der Waals surface area contributed by atoms with Gasteiger partial charge < -0.3 is 25.3 Å². The summed E-state index contributed by atoms with van der Waals surface area (Å²) in [4.78, 5) is 11.2. The standard InChI is InChI=1S/C12H16N2O4/c1-2-16-12(15)7-14-9-6-11-10(5-8(9)13)17-3-4-18-11/h5-6,14H,2-4,7,13H2,1H3. The topological polar surface area (TPSA) is 82.8 Å². The van der Waals surface area contributed by atoms with Crippen LogP contribution in [0.25, 0.3) is 0 Å². The Morgan fingerprint density at radius 2 is 2.06 bits per heavy atom. The molecule has 0 saturated carbocycles. The van der Waals surface area contributed by atoms with E-state index < -0.39 is 0 Å². The number of nitrogens with one attached hydrogen (secondary N) is 1. The van der Waals surface area contributed by atoms with Crippen molar-refractivity contribution < 1.29 is 19.0 Å². The molecule has 1 heterocycles. The molecule has 0 unspecified atom stereocenters. The van der Waals surface area contributed by atoms with Gasteiger partial charge in [-0.05, 0) is 6.92 Å². The minimum absolute atomic E-state index is 0.0671. The van der Waals surface area contributed by atoms with Gasteiger partial charge in [-0.15, -0.1) is 0 Å². The van der Waals surface area contributed by atoms with Crippen molar-refractivity contribution in [2.45, 2.75) is 6.92 Å². The van der Waals surface area contributed by atoms with Crippen molar-refractivity contribution in [1.29, 1.82) is 0 Å². The monoisotopic (exact) mass is 252 g/mol. The van der Waals surface area contributed by atoms with Crippen LogP contribution in [0.4, 0.5) is 11.4 Å². The second-order valence-electron chi connectivity index (χ2n) is 3.74. The number of carbonyl (C=O) groups is 1. The maximum atomic E-state index is 11.2. The molecule has 0 radical (unpaired) electrons. The number of anilines is 2. The van der Waals surface area contributed by atoms with Gasteiger partial charge in [0.25, 0.3) is 0 Å². The van der Waals surface area contributed by atoms with Crippen molar-refractivity contribution in [3.63, 3.8) is 0 Å². The summed E-state index contributed by atoms with van der Waals surface area (Å²) in [7, 11) is 0. The molecule has 0 fully saturated rings. The number of carbonyl (C=O) groups excluding carboxylic acids is 1. The Morgan fingerprint density at radius 3 is 2.72 bits per heavy atom. The normalized spacial score (nSPS) is 12.9. The molecule has 0 atom stereocenters. The number of fused-ring (bicyclic) bond motifs is 1. The average Bonchev–Trinajstić information content (AvgIpc) is 2.36. The van der Waals surface area contributed by atoms with E-state index in [0.717, 1.165) is 0 Å². The third kappa shape index (κ3) is 2.77. The number of ether oxygens (including phenoxy) is 3. The fourth-order valence-electron chi connectivity index (χ4n) is 1.64. The molecular weight excluding hydrogens is 236 g/mol. The first-order valence-corrected chi connectivity index (χ1v) is 5.79. The van der Waals surface area contributed by atoms with Gasteiger partial charge >= 0.3 is 5.97 Å². The van der Waals surface area contributed by atoms with E-state index in [0.29, 0.717) is 42.7 Å². The molecule has 98 valence electrons. The number of benzene rings is 1. The molecule has 6 heteroatoms. The molecule has 3 N–H and O–H groups in total. The maximum Gasteiger partial charge on any atom is 0.325 e. The van der Waals surface area contributed by atoms with Crippen LogP contribution < -0.4 is 20.5 Å². The third-order valence-corrected chi connectivity index (χ3v) is 2.44. The van der Waals surface area contributed by atoms with Crippen molar-refractivity contribution in [2.24, 2.45) is 0 Å². The Kier molecular flexibility index (Phi) is 3.76. The lowest BCUT2D eigenvalue weighted by Crippen LogP contribution is -2.19. The molecule has 0 aliphatic carbocycles. The molecule has 0 amide bonds. The Hall–Kier alpha value is -2.11. The molecular formula is C12H16N2O4. The summed E-state index contributed by atoms with van der Waals surface area (Å²) in [6, 6.07) is 3.41. The van der Waals surface area contributed by atoms with Gasteiger partial charge in [-0.2, -0.15) is 0 Å². The molecule has 6 nitrogen and oxygen atoms in total. The van der Waals surface area contributed by atoms with Crippen LogP contribution >= 0.6 is 0 Å². The average molecular weight is 252 g/mol. The van der Waals surface area contributed by atoms with E-state index in [4.69, 9.17) is 19.9 Å². The van der Waals surface area contributed by atoms with Crippen LogP contribution in [-0.4, -0.2) is 32.3 Å². The van der Waals surface area contributed by atoms with E-state index in [1.54, 1.807) is 19.1 Å². The van der Waals surface area contributed by atoms with Gasteiger partial charge in [0, 0.05) is 12.1 Å². The SMILES string of the molecule is CCOC(=O)CNc1cc2c(cc1N)OCCO2. The zero-order valence-electron chi connectivity index (χ0n) is 10.2. The van der Waals surface area contributed by atoms with E-state index in [9.17, 15) is 4.79 Å². The fraction of sp³-hybridized carbons (Fsp3) is 0.417. The highest BCUT2D eigenvalue weighted by Crippen LogP contribution is 2.36. The number of esters is 1. The van der Waals surface area contributed by atoms with E-state index in [1.807, 2.05) is 0 Å². The quantitative estimate of drug-likeness (QED) is 0.615. The van der Waals surface area contributed by atoms with Crippen molar-refractivity contribution in [1.82, 2.24) is 0 Å². The molecule has 0 aromatic heterocycles. The van der Waals surface area contributed by atoms with Crippen LogP contribution in [0, 0.1) is 0 Å². The smallest absolute Gasteiger partial charge is 0.325 e. The van der Waals surface area contributed by atoms with Crippen LogP contribution in [0.15, 0.2) is 12.1 Å². The third-order valence-electron chi connectivity index (χ3n) is 2.44. The second kappa shape index (κ2) is 5.48. The lowest BCUT2D eigenvalue weighted by atomic mass is 10.2. The molecule has 0 bridgehead atoms. The Bertz CT molecular complexity index is 448.